The van der Waals surface area contributed by atoms with Crippen molar-refractivity contribution in [3.05, 3.63) is 83.0 Å². The topological polar surface area (TPSA) is 81.2 Å². The van der Waals surface area contributed by atoms with E-state index in [4.69, 9.17) is 21.1 Å². The second kappa shape index (κ2) is 7.00. The van der Waals surface area contributed by atoms with Crippen molar-refractivity contribution in [1.82, 2.24) is 14.5 Å². The highest BCUT2D eigenvalue weighted by molar-refractivity contribution is 6.31. The molecular formula is C23H16ClN3O3. The molecule has 30 heavy (non-hydrogen) atoms. The quantitative estimate of drug-likeness (QED) is 0.414. The number of oxazole rings is 1. The van der Waals surface area contributed by atoms with Gasteiger partial charge in [0.25, 0.3) is 0 Å². The Hall–Kier alpha value is -3.64. The van der Waals surface area contributed by atoms with Gasteiger partial charge in [-0.3, -0.25) is 0 Å². The number of pyridine rings is 1. The first-order valence-corrected chi connectivity index (χ1v) is 9.72. The van der Waals surface area contributed by atoms with E-state index in [1.807, 2.05) is 49.4 Å². The molecule has 0 saturated carbocycles. The number of carboxylic acid groups (broad SMARTS) is 1. The number of halogens is 1. The maximum atomic E-state index is 11.1. The van der Waals surface area contributed by atoms with Gasteiger partial charge in [0, 0.05) is 27.9 Å². The number of para-hydroxylation sites is 1. The van der Waals surface area contributed by atoms with Crippen LogP contribution in [0.15, 0.2) is 65.2 Å². The van der Waals surface area contributed by atoms with Crippen LogP contribution >= 0.6 is 11.6 Å². The highest BCUT2D eigenvalue weighted by Gasteiger charge is 2.19. The zero-order valence-corrected chi connectivity index (χ0v) is 16.7. The first-order valence-electron chi connectivity index (χ1n) is 9.34. The van der Waals surface area contributed by atoms with Crippen LogP contribution in [0.2, 0.25) is 5.02 Å². The molecule has 0 saturated heterocycles. The van der Waals surface area contributed by atoms with E-state index in [0.717, 1.165) is 33.1 Å². The molecule has 2 aromatic carbocycles. The van der Waals surface area contributed by atoms with Gasteiger partial charge >= 0.3 is 11.9 Å². The number of hydrogen-bond acceptors (Lipinski definition) is 4. The van der Waals surface area contributed by atoms with Crippen LogP contribution in [0.25, 0.3) is 33.3 Å². The Labute approximate surface area is 176 Å². The largest absolute Gasteiger partial charge is 0.474 e. The fourth-order valence-electron chi connectivity index (χ4n) is 3.85. The van der Waals surface area contributed by atoms with E-state index in [-0.39, 0.29) is 5.89 Å². The summed E-state index contributed by atoms with van der Waals surface area (Å²) >= 11 is 6.42. The Morgan fingerprint density at radius 1 is 1.13 bits per heavy atom. The van der Waals surface area contributed by atoms with Gasteiger partial charge in [0.2, 0.25) is 0 Å². The fourth-order valence-corrected chi connectivity index (χ4v) is 4.04. The summed E-state index contributed by atoms with van der Waals surface area (Å²) in [6.45, 7) is 2.54. The smallest absolute Gasteiger partial charge is 0.392 e. The van der Waals surface area contributed by atoms with Crippen LogP contribution < -0.4 is 0 Å². The molecule has 5 aromatic rings. The summed E-state index contributed by atoms with van der Waals surface area (Å²) in [4.78, 5) is 19.6. The SMILES string of the molecule is Cc1nc(-c2cnc(C(=O)O)o2)cc2c3ccccc3n(Cc3ccccc3Cl)c12. The lowest BCUT2D eigenvalue weighted by atomic mass is 10.1. The molecule has 3 heterocycles. The summed E-state index contributed by atoms with van der Waals surface area (Å²) in [6.07, 6.45) is 1.39. The van der Waals surface area contributed by atoms with Crippen LogP contribution in [0.5, 0.6) is 0 Å². The van der Waals surface area contributed by atoms with Crippen molar-refractivity contribution in [3.63, 3.8) is 0 Å². The van der Waals surface area contributed by atoms with Crippen LogP contribution in [0.3, 0.4) is 0 Å². The second-order valence-electron chi connectivity index (χ2n) is 7.02. The molecule has 0 radical (unpaired) electrons. The molecule has 0 fully saturated rings. The summed E-state index contributed by atoms with van der Waals surface area (Å²) < 4.78 is 7.58. The lowest BCUT2D eigenvalue weighted by Gasteiger charge is -2.11. The molecule has 0 aliphatic rings. The molecule has 0 amide bonds. The average Bonchev–Trinajstić information content (AvgIpc) is 3.34. The molecule has 0 aliphatic carbocycles. The van der Waals surface area contributed by atoms with Crippen LogP contribution in [0, 0.1) is 6.92 Å². The zero-order chi connectivity index (χ0) is 20.8. The maximum Gasteiger partial charge on any atom is 0.392 e. The second-order valence-corrected chi connectivity index (χ2v) is 7.43. The zero-order valence-electron chi connectivity index (χ0n) is 16.0. The summed E-state index contributed by atoms with van der Waals surface area (Å²) in [5, 5.41) is 11.9. The van der Waals surface area contributed by atoms with E-state index in [0.29, 0.717) is 23.0 Å². The van der Waals surface area contributed by atoms with Crippen molar-refractivity contribution < 1.29 is 14.3 Å². The number of benzene rings is 2. The van der Waals surface area contributed by atoms with Crippen molar-refractivity contribution in [1.29, 1.82) is 0 Å². The van der Waals surface area contributed by atoms with Crippen LogP contribution in [-0.4, -0.2) is 25.6 Å². The number of aromatic nitrogens is 3. The van der Waals surface area contributed by atoms with Gasteiger partial charge < -0.3 is 14.1 Å². The van der Waals surface area contributed by atoms with Crippen molar-refractivity contribution in [2.45, 2.75) is 13.5 Å². The Morgan fingerprint density at radius 2 is 1.90 bits per heavy atom. The maximum absolute atomic E-state index is 11.1. The highest BCUT2D eigenvalue weighted by Crippen LogP contribution is 2.34. The summed E-state index contributed by atoms with van der Waals surface area (Å²) in [5.41, 5.74) is 4.43. The molecule has 1 N–H and O–H groups in total. The molecular weight excluding hydrogens is 402 g/mol. The number of rotatable bonds is 4. The number of aryl methyl sites for hydroxylation is 1. The van der Waals surface area contributed by atoms with Crippen molar-refractivity contribution >= 4 is 39.4 Å². The fraction of sp³-hybridized carbons (Fsp3) is 0.0870. The Morgan fingerprint density at radius 3 is 2.67 bits per heavy atom. The molecule has 148 valence electrons. The van der Waals surface area contributed by atoms with E-state index >= 15 is 0 Å². The molecule has 7 heteroatoms. The normalized spacial score (nSPS) is 11.4. The van der Waals surface area contributed by atoms with Crippen molar-refractivity contribution in [2.24, 2.45) is 0 Å². The van der Waals surface area contributed by atoms with E-state index in [1.54, 1.807) is 0 Å². The number of carbonyl (C=O) groups is 1. The average molecular weight is 418 g/mol. The molecule has 0 aliphatic heterocycles. The van der Waals surface area contributed by atoms with Gasteiger partial charge in [-0.05, 0) is 30.7 Å². The minimum atomic E-state index is -1.21. The first-order chi connectivity index (χ1) is 14.5. The van der Waals surface area contributed by atoms with E-state index in [2.05, 4.69) is 26.7 Å². The highest BCUT2D eigenvalue weighted by atomic mass is 35.5. The van der Waals surface area contributed by atoms with E-state index in [9.17, 15) is 4.79 Å². The van der Waals surface area contributed by atoms with Gasteiger partial charge in [0.15, 0.2) is 5.76 Å². The van der Waals surface area contributed by atoms with Gasteiger partial charge in [-0.2, -0.15) is 0 Å². The Balaban J connectivity index is 1.75. The lowest BCUT2D eigenvalue weighted by Crippen LogP contribution is -2.02. The third kappa shape index (κ3) is 2.93. The Bertz CT molecular complexity index is 1430. The molecule has 0 bridgehead atoms. The summed E-state index contributed by atoms with van der Waals surface area (Å²) in [6, 6.07) is 17.8. The van der Waals surface area contributed by atoms with Crippen molar-refractivity contribution in [3.8, 4) is 11.5 Å². The van der Waals surface area contributed by atoms with E-state index < -0.39 is 5.97 Å². The number of aromatic carboxylic acids is 1. The minimum absolute atomic E-state index is 0.320. The van der Waals surface area contributed by atoms with Gasteiger partial charge in [-0.25, -0.2) is 14.8 Å². The molecule has 0 spiro atoms. The van der Waals surface area contributed by atoms with Crippen LogP contribution in [0.4, 0.5) is 0 Å². The summed E-state index contributed by atoms with van der Waals surface area (Å²) in [7, 11) is 0. The molecule has 6 nitrogen and oxygen atoms in total. The summed E-state index contributed by atoms with van der Waals surface area (Å²) in [5.74, 6) is -1.25. The standard InChI is InChI=1S/C23H16ClN3O3/c1-13-21-16(10-18(26-13)20-11-25-22(30-20)23(28)29)15-7-3-5-9-19(15)27(21)12-14-6-2-4-8-17(14)24/h2-11H,12H2,1H3,(H,28,29). The third-order valence-electron chi connectivity index (χ3n) is 5.15. The van der Waals surface area contributed by atoms with Crippen molar-refractivity contribution in [2.75, 3.05) is 0 Å². The van der Waals surface area contributed by atoms with Gasteiger partial charge in [-0.1, -0.05) is 48.0 Å². The lowest BCUT2D eigenvalue weighted by molar-refractivity contribution is 0.0654. The predicted octanol–water partition coefficient (Wildman–Crippen LogP) is 5.55. The van der Waals surface area contributed by atoms with Gasteiger partial charge in [-0.15, -0.1) is 0 Å². The van der Waals surface area contributed by atoms with E-state index in [1.165, 1.54) is 6.20 Å². The minimum Gasteiger partial charge on any atom is -0.474 e. The number of hydrogen-bond donors (Lipinski definition) is 1. The number of carboxylic acids is 1. The van der Waals surface area contributed by atoms with Crippen LogP contribution in [0.1, 0.15) is 21.9 Å². The molecule has 0 unspecified atom stereocenters. The van der Waals surface area contributed by atoms with Crippen LogP contribution in [-0.2, 0) is 6.54 Å². The molecule has 0 atom stereocenters. The molecule has 5 rings (SSSR count). The Kier molecular flexibility index (Phi) is 4.29. The van der Waals surface area contributed by atoms with Gasteiger partial charge in [0.1, 0.15) is 5.69 Å². The number of fused-ring (bicyclic) bond motifs is 3. The third-order valence-corrected chi connectivity index (χ3v) is 5.52. The number of nitrogens with zero attached hydrogens (tertiary/aromatic N) is 3. The molecule has 3 aromatic heterocycles. The predicted molar refractivity (Wildman–Crippen MR) is 115 cm³/mol. The first kappa shape index (κ1) is 18.4. The van der Waals surface area contributed by atoms with Gasteiger partial charge in [0.05, 0.1) is 17.4 Å². The monoisotopic (exact) mass is 417 g/mol.